The minimum Gasteiger partial charge on any atom is -0.490 e. The van der Waals surface area contributed by atoms with Crippen LogP contribution in [0, 0.1) is 16.0 Å². The van der Waals surface area contributed by atoms with Crippen LogP contribution in [0.15, 0.2) is 18.2 Å². The van der Waals surface area contributed by atoms with Gasteiger partial charge < -0.3 is 15.4 Å². The van der Waals surface area contributed by atoms with Crippen molar-refractivity contribution < 1.29 is 14.5 Å². The van der Waals surface area contributed by atoms with E-state index in [1.807, 2.05) is 0 Å². The molecule has 0 radical (unpaired) electrons. The maximum absolute atomic E-state index is 12.7. The van der Waals surface area contributed by atoms with Gasteiger partial charge in [0.1, 0.15) is 11.2 Å². The number of hydrogen-bond donors (Lipinski definition) is 2. The molecule has 8 heteroatoms. The van der Waals surface area contributed by atoms with E-state index in [1.54, 1.807) is 23.5 Å². The highest BCUT2D eigenvalue weighted by molar-refractivity contribution is 7.16. The molecular formula is C18H19N3O4S. The molecule has 2 atom stereocenters. The summed E-state index contributed by atoms with van der Waals surface area (Å²) in [6, 6.07) is 4.72. The van der Waals surface area contributed by atoms with E-state index in [0.717, 1.165) is 35.4 Å². The molecule has 0 saturated heterocycles. The van der Waals surface area contributed by atoms with Crippen LogP contribution >= 0.6 is 11.3 Å². The summed E-state index contributed by atoms with van der Waals surface area (Å²) in [7, 11) is 1.39. The lowest BCUT2D eigenvalue weighted by atomic mass is 9.88. The summed E-state index contributed by atoms with van der Waals surface area (Å²) in [5.41, 5.74) is 2.41. The van der Waals surface area contributed by atoms with Gasteiger partial charge >= 0.3 is 5.69 Å². The number of methoxy groups -OCH3 is 1. The van der Waals surface area contributed by atoms with Gasteiger partial charge in [0.15, 0.2) is 5.75 Å². The van der Waals surface area contributed by atoms with Gasteiger partial charge in [0.2, 0.25) is 0 Å². The topological polar surface area (TPSA) is 93.5 Å². The summed E-state index contributed by atoms with van der Waals surface area (Å²) in [6.45, 7) is 2.23. The van der Waals surface area contributed by atoms with Crippen molar-refractivity contribution in [3.05, 3.63) is 49.9 Å². The Labute approximate surface area is 154 Å². The number of nitrogens with one attached hydrogen (secondary N) is 2. The number of hydrogen-bond acceptors (Lipinski definition) is 6. The fraction of sp³-hybridized carbons (Fsp3) is 0.389. The number of amides is 1. The van der Waals surface area contributed by atoms with Gasteiger partial charge in [-0.05, 0) is 36.8 Å². The molecular weight excluding hydrogens is 354 g/mol. The van der Waals surface area contributed by atoms with E-state index in [1.165, 1.54) is 18.1 Å². The third kappa shape index (κ3) is 2.70. The van der Waals surface area contributed by atoms with Crippen LogP contribution in [0.5, 0.6) is 5.75 Å². The molecule has 1 aliphatic carbocycles. The molecule has 1 aromatic heterocycles. The molecule has 4 rings (SSSR count). The quantitative estimate of drug-likeness (QED) is 0.633. The number of fused-ring (bicyclic) bond motifs is 3. The van der Waals surface area contributed by atoms with Crippen LogP contribution < -0.4 is 15.4 Å². The number of thiophene rings is 1. The third-order valence-corrected chi connectivity index (χ3v) is 6.21. The highest BCUT2D eigenvalue weighted by atomic mass is 32.1. The zero-order valence-corrected chi connectivity index (χ0v) is 15.3. The largest absolute Gasteiger partial charge is 0.490 e. The number of anilines is 1. The van der Waals surface area contributed by atoms with Crippen molar-refractivity contribution in [3.63, 3.8) is 0 Å². The van der Waals surface area contributed by atoms with Crippen LogP contribution in [0.3, 0.4) is 0 Å². The average Bonchev–Trinajstić information content (AvgIpc) is 2.98. The molecule has 0 saturated carbocycles. The number of benzene rings is 1. The van der Waals surface area contributed by atoms with Gasteiger partial charge in [-0.3, -0.25) is 14.9 Å². The first-order valence-electron chi connectivity index (χ1n) is 8.52. The second-order valence-electron chi connectivity index (χ2n) is 6.80. The molecule has 1 aromatic carbocycles. The molecule has 7 nitrogen and oxygen atoms in total. The number of nitrogens with zero attached hydrogens (tertiary/aromatic N) is 1. The van der Waals surface area contributed by atoms with Gasteiger partial charge in [-0.1, -0.05) is 13.0 Å². The summed E-state index contributed by atoms with van der Waals surface area (Å²) < 4.78 is 5.04. The van der Waals surface area contributed by atoms with Crippen molar-refractivity contribution >= 4 is 27.9 Å². The van der Waals surface area contributed by atoms with Crippen LogP contribution in [0.1, 0.15) is 45.9 Å². The SMILES string of the molecule is COc1ccc([C@H]2NC(=O)c3c(sc4c3CC[C@H](C)C4)N2)cc1[N+](=O)[O-]. The minimum atomic E-state index is -0.503. The number of rotatable bonds is 3. The molecule has 1 amide bonds. The Morgan fingerprint density at radius 3 is 2.88 bits per heavy atom. The Morgan fingerprint density at radius 1 is 1.35 bits per heavy atom. The molecule has 26 heavy (non-hydrogen) atoms. The average molecular weight is 373 g/mol. The number of nitro groups is 1. The summed E-state index contributed by atoms with van der Waals surface area (Å²) >= 11 is 1.63. The van der Waals surface area contributed by atoms with Gasteiger partial charge in [-0.25, -0.2) is 0 Å². The molecule has 1 aliphatic heterocycles. The minimum absolute atomic E-state index is 0.116. The predicted molar refractivity (Wildman–Crippen MR) is 99.0 cm³/mol. The summed E-state index contributed by atoms with van der Waals surface area (Å²) in [4.78, 5) is 24.8. The van der Waals surface area contributed by atoms with Gasteiger partial charge in [-0.15, -0.1) is 11.3 Å². The van der Waals surface area contributed by atoms with Crippen LogP contribution in [0.25, 0.3) is 0 Å². The maximum atomic E-state index is 12.7. The molecule has 2 heterocycles. The Morgan fingerprint density at radius 2 is 2.15 bits per heavy atom. The van der Waals surface area contributed by atoms with E-state index in [-0.39, 0.29) is 17.3 Å². The van der Waals surface area contributed by atoms with Gasteiger partial charge in [-0.2, -0.15) is 0 Å². The Bertz CT molecular complexity index is 908. The van der Waals surface area contributed by atoms with E-state index in [0.29, 0.717) is 11.5 Å². The van der Waals surface area contributed by atoms with Crippen LogP contribution in [0.2, 0.25) is 0 Å². The van der Waals surface area contributed by atoms with Crippen LogP contribution in [-0.4, -0.2) is 17.9 Å². The number of carbonyl (C=O) groups is 1. The van der Waals surface area contributed by atoms with Crippen molar-refractivity contribution in [2.75, 3.05) is 12.4 Å². The first-order chi connectivity index (χ1) is 12.5. The van der Waals surface area contributed by atoms with Crippen molar-refractivity contribution in [2.45, 2.75) is 32.4 Å². The number of nitro benzene ring substituents is 1. The molecule has 2 N–H and O–H groups in total. The van der Waals surface area contributed by atoms with Gasteiger partial charge in [0, 0.05) is 16.5 Å². The molecule has 0 spiro atoms. The summed E-state index contributed by atoms with van der Waals surface area (Å²) in [6.07, 6.45) is 2.52. The van der Waals surface area contributed by atoms with E-state index < -0.39 is 11.1 Å². The second kappa shape index (κ2) is 6.28. The van der Waals surface area contributed by atoms with Crippen LogP contribution in [0.4, 0.5) is 10.7 Å². The Kier molecular flexibility index (Phi) is 4.07. The van der Waals surface area contributed by atoms with E-state index in [2.05, 4.69) is 17.6 Å². The number of ether oxygens (including phenoxy) is 1. The molecule has 0 fully saturated rings. The van der Waals surface area contributed by atoms with Gasteiger partial charge in [0.05, 0.1) is 17.6 Å². The summed E-state index contributed by atoms with van der Waals surface area (Å²) in [5, 5.41) is 18.4. The molecule has 2 aliphatic rings. The van der Waals surface area contributed by atoms with E-state index in [9.17, 15) is 14.9 Å². The predicted octanol–water partition coefficient (Wildman–Crippen LogP) is 3.64. The zero-order valence-electron chi connectivity index (χ0n) is 14.5. The van der Waals surface area contributed by atoms with E-state index in [4.69, 9.17) is 4.74 Å². The first kappa shape index (κ1) is 16.8. The lowest BCUT2D eigenvalue weighted by molar-refractivity contribution is -0.385. The standard InChI is InChI=1S/C18H19N3O4S/c1-9-3-5-11-14(7-9)26-18-15(11)17(22)19-16(20-18)10-4-6-13(25-2)12(8-10)21(23)24/h4,6,8-9,16,20H,3,5,7H2,1-2H3,(H,19,22)/t9-,16-/m0/s1. The first-order valence-corrected chi connectivity index (χ1v) is 9.34. The van der Waals surface area contributed by atoms with Crippen molar-refractivity contribution in [2.24, 2.45) is 5.92 Å². The highest BCUT2D eigenvalue weighted by Crippen LogP contribution is 2.43. The fourth-order valence-corrected chi connectivity index (χ4v) is 5.10. The number of carbonyl (C=O) groups excluding carboxylic acids is 1. The normalized spacial score (nSPS) is 21.2. The second-order valence-corrected chi connectivity index (χ2v) is 7.90. The summed E-state index contributed by atoms with van der Waals surface area (Å²) in [5.74, 6) is 0.710. The third-order valence-electron chi connectivity index (χ3n) is 5.02. The van der Waals surface area contributed by atoms with Crippen LogP contribution in [-0.2, 0) is 12.8 Å². The van der Waals surface area contributed by atoms with E-state index >= 15 is 0 Å². The smallest absolute Gasteiger partial charge is 0.311 e. The zero-order chi connectivity index (χ0) is 18.4. The maximum Gasteiger partial charge on any atom is 0.311 e. The Hall–Kier alpha value is -2.61. The van der Waals surface area contributed by atoms with Gasteiger partial charge in [0.25, 0.3) is 5.91 Å². The lowest BCUT2D eigenvalue weighted by Gasteiger charge is -2.27. The molecule has 0 unspecified atom stereocenters. The lowest BCUT2D eigenvalue weighted by Crippen LogP contribution is -2.38. The monoisotopic (exact) mass is 373 g/mol. The highest BCUT2D eigenvalue weighted by Gasteiger charge is 2.33. The van der Waals surface area contributed by atoms with Crippen molar-refractivity contribution in [3.8, 4) is 5.75 Å². The van der Waals surface area contributed by atoms with Crippen molar-refractivity contribution in [1.29, 1.82) is 0 Å². The van der Waals surface area contributed by atoms with Crippen molar-refractivity contribution in [1.82, 2.24) is 5.32 Å². The Balaban J connectivity index is 1.69. The fourth-order valence-electron chi connectivity index (χ4n) is 3.66. The molecule has 0 bridgehead atoms. The molecule has 2 aromatic rings. The molecule has 136 valence electrons.